The van der Waals surface area contributed by atoms with Gasteiger partial charge >= 0.3 is 0 Å². The average molecular weight is 240 g/mol. The van der Waals surface area contributed by atoms with E-state index in [4.69, 9.17) is 4.74 Å². The second-order valence-corrected chi connectivity index (χ2v) is 4.94. The van der Waals surface area contributed by atoms with Crippen molar-refractivity contribution in [2.24, 2.45) is 0 Å². The third kappa shape index (κ3) is 2.25. The van der Waals surface area contributed by atoms with E-state index in [-0.39, 0.29) is 5.78 Å². The van der Waals surface area contributed by atoms with Crippen LogP contribution in [0.15, 0.2) is 0 Å². The highest BCUT2D eigenvalue weighted by atomic mass is 32.1. The van der Waals surface area contributed by atoms with Crippen LogP contribution in [0.25, 0.3) is 0 Å². The molecule has 0 saturated carbocycles. The molecule has 5 heteroatoms. The van der Waals surface area contributed by atoms with Gasteiger partial charge in [0.05, 0.1) is 17.2 Å². The summed E-state index contributed by atoms with van der Waals surface area (Å²) in [5.41, 5.74) is 0.987. The Hall–Kier alpha value is -0.940. The summed E-state index contributed by atoms with van der Waals surface area (Å²) in [7, 11) is 3.66. The lowest BCUT2D eigenvalue weighted by Gasteiger charge is -2.14. The van der Waals surface area contributed by atoms with Crippen molar-refractivity contribution in [3.05, 3.63) is 10.6 Å². The number of anilines is 1. The van der Waals surface area contributed by atoms with Crippen LogP contribution in [0, 0.1) is 0 Å². The first-order valence-corrected chi connectivity index (χ1v) is 6.27. The van der Waals surface area contributed by atoms with Crippen LogP contribution >= 0.6 is 11.3 Å². The highest BCUT2D eigenvalue weighted by Crippen LogP contribution is 2.31. The monoisotopic (exact) mass is 240 g/mol. The molecule has 0 amide bonds. The van der Waals surface area contributed by atoms with E-state index in [1.807, 2.05) is 11.9 Å². The summed E-state index contributed by atoms with van der Waals surface area (Å²) in [5.74, 6) is 0.255. The summed E-state index contributed by atoms with van der Waals surface area (Å²) in [6.45, 7) is 1.48. The first kappa shape index (κ1) is 11.5. The Kier molecular flexibility index (Phi) is 3.56. The molecule has 2 rings (SSSR count). The molecule has 0 spiro atoms. The number of methoxy groups -OCH3 is 1. The molecule has 0 atom stereocenters. The molecule has 0 radical (unpaired) electrons. The maximum absolute atomic E-state index is 11.7. The van der Waals surface area contributed by atoms with Gasteiger partial charge in [-0.05, 0) is 12.8 Å². The van der Waals surface area contributed by atoms with Crippen molar-refractivity contribution in [3.8, 4) is 0 Å². The van der Waals surface area contributed by atoms with Gasteiger partial charge in [-0.3, -0.25) is 4.79 Å². The van der Waals surface area contributed by atoms with E-state index in [9.17, 15) is 4.79 Å². The summed E-state index contributed by atoms with van der Waals surface area (Å²) < 4.78 is 5.03. The Morgan fingerprint density at radius 3 is 3.00 bits per heavy atom. The lowest BCUT2D eigenvalue weighted by atomic mass is 10.0. The van der Waals surface area contributed by atoms with Crippen LogP contribution in [0.4, 0.5) is 5.13 Å². The summed E-state index contributed by atoms with van der Waals surface area (Å²) in [6.07, 6.45) is 2.56. The topological polar surface area (TPSA) is 42.4 Å². The molecule has 1 aromatic heterocycles. The number of aromatic nitrogens is 1. The van der Waals surface area contributed by atoms with Gasteiger partial charge in [-0.2, -0.15) is 0 Å². The van der Waals surface area contributed by atoms with Gasteiger partial charge < -0.3 is 9.64 Å². The van der Waals surface area contributed by atoms with Crippen LogP contribution in [-0.2, 0) is 11.2 Å². The number of carbonyl (C=O) groups excluding carboxylic acids is 1. The summed E-state index contributed by atoms with van der Waals surface area (Å²) in [4.78, 5) is 19.1. The van der Waals surface area contributed by atoms with Crippen molar-refractivity contribution in [2.45, 2.75) is 19.3 Å². The number of ether oxygens (including phenoxy) is 1. The number of thiazole rings is 1. The van der Waals surface area contributed by atoms with E-state index in [2.05, 4.69) is 4.98 Å². The Morgan fingerprint density at radius 1 is 1.50 bits per heavy atom. The number of likely N-dealkylation sites (N-methyl/N-ethyl adjacent to an activating group) is 1. The second-order valence-electron chi connectivity index (χ2n) is 3.96. The highest BCUT2D eigenvalue weighted by Gasteiger charge is 2.23. The summed E-state index contributed by atoms with van der Waals surface area (Å²) >= 11 is 1.51. The normalized spacial score (nSPS) is 15.0. The molecular weight excluding hydrogens is 224 g/mol. The number of Topliss-reactive ketones (excluding diaryl/α,β-unsaturated/α-hetero) is 1. The Labute approximate surface area is 99.2 Å². The van der Waals surface area contributed by atoms with Crippen LogP contribution in [-0.4, -0.2) is 38.1 Å². The summed E-state index contributed by atoms with van der Waals surface area (Å²) in [5, 5.41) is 0.928. The maximum Gasteiger partial charge on any atom is 0.186 e. The van der Waals surface area contributed by atoms with Gasteiger partial charge in [-0.25, -0.2) is 4.98 Å². The predicted molar refractivity (Wildman–Crippen MR) is 64.5 cm³/mol. The molecule has 0 N–H and O–H groups in total. The lowest BCUT2D eigenvalue weighted by molar-refractivity contribution is 0.0976. The molecular formula is C11H16N2O2S. The average Bonchev–Trinajstić information content (AvgIpc) is 2.71. The maximum atomic E-state index is 11.7. The fourth-order valence-electron chi connectivity index (χ4n) is 1.74. The van der Waals surface area contributed by atoms with Gasteiger partial charge in [0.15, 0.2) is 10.9 Å². The second kappa shape index (κ2) is 4.93. The van der Waals surface area contributed by atoms with E-state index in [0.717, 1.165) is 35.1 Å². The lowest BCUT2D eigenvalue weighted by Crippen LogP contribution is -2.21. The molecule has 1 aliphatic carbocycles. The Morgan fingerprint density at radius 2 is 2.31 bits per heavy atom. The fraction of sp³-hybridized carbons (Fsp3) is 0.636. The van der Waals surface area contributed by atoms with E-state index < -0.39 is 0 Å². The largest absolute Gasteiger partial charge is 0.383 e. The van der Waals surface area contributed by atoms with E-state index in [0.29, 0.717) is 13.0 Å². The first-order valence-electron chi connectivity index (χ1n) is 5.45. The molecule has 0 bridgehead atoms. The minimum Gasteiger partial charge on any atom is -0.383 e. The van der Waals surface area contributed by atoms with Crippen LogP contribution in [0.5, 0.6) is 0 Å². The number of carbonyl (C=O) groups is 1. The standard InChI is InChI=1S/C11H16N2O2S/c1-13(6-7-15-2)11-12-8-4-3-5-9(14)10(8)16-11/h3-7H2,1-2H3. The van der Waals surface area contributed by atoms with Gasteiger partial charge in [0.1, 0.15) is 0 Å². The van der Waals surface area contributed by atoms with Gasteiger partial charge in [0, 0.05) is 27.1 Å². The number of hydrogen-bond acceptors (Lipinski definition) is 5. The molecule has 16 heavy (non-hydrogen) atoms. The van der Waals surface area contributed by atoms with Gasteiger partial charge in [-0.15, -0.1) is 0 Å². The van der Waals surface area contributed by atoms with Crippen molar-refractivity contribution in [1.29, 1.82) is 0 Å². The molecule has 1 heterocycles. The predicted octanol–water partition coefficient (Wildman–Crippen LogP) is 1.74. The number of fused-ring (bicyclic) bond motifs is 1. The van der Waals surface area contributed by atoms with Crippen molar-refractivity contribution in [1.82, 2.24) is 4.98 Å². The smallest absolute Gasteiger partial charge is 0.186 e. The summed E-state index contributed by atoms with van der Waals surface area (Å²) in [6, 6.07) is 0. The van der Waals surface area contributed by atoms with Crippen LogP contribution in [0.3, 0.4) is 0 Å². The minimum atomic E-state index is 0.255. The first-order chi connectivity index (χ1) is 7.72. The molecule has 0 aliphatic heterocycles. The molecule has 1 aromatic rings. The SMILES string of the molecule is COCCN(C)c1nc2c(s1)C(=O)CCC2. The Bertz CT molecular complexity index is 389. The number of rotatable bonds is 4. The van der Waals surface area contributed by atoms with Crippen LogP contribution in [0.2, 0.25) is 0 Å². The molecule has 0 fully saturated rings. The molecule has 88 valence electrons. The quantitative estimate of drug-likeness (QED) is 0.804. The van der Waals surface area contributed by atoms with Crippen molar-refractivity contribution >= 4 is 22.3 Å². The van der Waals surface area contributed by atoms with Crippen molar-refractivity contribution in [2.75, 3.05) is 32.2 Å². The highest BCUT2D eigenvalue weighted by molar-refractivity contribution is 7.17. The van der Waals surface area contributed by atoms with Crippen molar-refractivity contribution in [3.63, 3.8) is 0 Å². The van der Waals surface area contributed by atoms with Crippen LogP contribution < -0.4 is 4.90 Å². The van der Waals surface area contributed by atoms with Crippen molar-refractivity contribution < 1.29 is 9.53 Å². The molecule has 0 unspecified atom stereocenters. The molecule has 0 aromatic carbocycles. The van der Waals surface area contributed by atoms with Crippen LogP contribution in [0.1, 0.15) is 28.2 Å². The fourth-order valence-corrected chi connectivity index (χ4v) is 2.81. The number of hydrogen-bond donors (Lipinski definition) is 0. The zero-order chi connectivity index (χ0) is 11.5. The van der Waals surface area contributed by atoms with E-state index in [1.165, 1.54) is 11.3 Å². The molecule has 4 nitrogen and oxygen atoms in total. The zero-order valence-corrected chi connectivity index (χ0v) is 10.5. The minimum absolute atomic E-state index is 0.255. The number of aryl methyl sites for hydroxylation is 1. The zero-order valence-electron chi connectivity index (χ0n) is 9.65. The van der Waals surface area contributed by atoms with Gasteiger partial charge in [0.2, 0.25) is 0 Å². The van der Waals surface area contributed by atoms with E-state index >= 15 is 0 Å². The van der Waals surface area contributed by atoms with Gasteiger partial charge in [0.25, 0.3) is 0 Å². The molecule has 0 saturated heterocycles. The number of ketones is 1. The number of nitrogens with zero attached hydrogens (tertiary/aromatic N) is 2. The van der Waals surface area contributed by atoms with E-state index in [1.54, 1.807) is 7.11 Å². The van der Waals surface area contributed by atoms with Gasteiger partial charge in [-0.1, -0.05) is 11.3 Å². The third-order valence-corrected chi connectivity index (χ3v) is 3.97. The molecule has 1 aliphatic rings. The Balaban J connectivity index is 2.14. The third-order valence-electron chi connectivity index (χ3n) is 2.71.